The van der Waals surface area contributed by atoms with Crippen LogP contribution in [0.4, 0.5) is 0 Å². The molecule has 0 aromatic heterocycles. The predicted molar refractivity (Wildman–Crippen MR) is 74.8 cm³/mol. The molecule has 2 heterocycles. The van der Waals surface area contributed by atoms with Gasteiger partial charge in [-0.2, -0.15) is 0 Å². The lowest BCUT2D eigenvalue weighted by Gasteiger charge is -2.28. The molecule has 0 aromatic carbocycles. The highest BCUT2D eigenvalue weighted by molar-refractivity contribution is 7.91. The van der Waals surface area contributed by atoms with Crippen LogP contribution in [0.3, 0.4) is 0 Å². The topological polar surface area (TPSA) is 83.6 Å². The standard InChI is InChI=1S/C11H22N2O4S2/c1-13(11-3-6-18(14,15)9-11)5-2-10-8-19(16,17)7-4-12-10/h10-12H,2-9H2,1H3. The summed E-state index contributed by atoms with van der Waals surface area (Å²) in [5, 5.41) is 3.21. The van der Waals surface area contributed by atoms with Crippen molar-refractivity contribution >= 4 is 19.7 Å². The molecule has 1 N–H and O–H groups in total. The zero-order valence-electron chi connectivity index (χ0n) is 11.2. The molecule has 2 saturated heterocycles. The van der Waals surface area contributed by atoms with Gasteiger partial charge in [0.2, 0.25) is 0 Å². The van der Waals surface area contributed by atoms with E-state index in [9.17, 15) is 16.8 Å². The molecule has 2 aliphatic rings. The van der Waals surface area contributed by atoms with Crippen molar-refractivity contribution in [2.45, 2.75) is 24.9 Å². The zero-order valence-corrected chi connectivity index (χ0v) is 12.8. The van der Waals surface area contributed by atoms with Crippen molar-refractivity contribution in [2.24, 2.45) is 0 Å². The van der Waals surface area contributed by atoms with Crippen molar-refractivity contribution in [3.63, 3.8) is 0 Å². The fourth-order valence-electron chi connectivity index (χ4n) is 2.72. The van der Waals surface area contributed by atoms with Gasteiger partial charge in [-0.1, -0.05) is 0 Å². The van der Waals surface area contributed by atoms with Crippen LogP contribution < -0.4 is 5.32 Å². The van der Waals surface area contributed by atoms with E-state index >= 15 is 0 Å². The van der Waals surface area contributed by atoms with Gasteiger partial charge in [-0.05, 0) is 26.4 Å². The quantitative estimate of drug-likeness (QED) is 0.708. The first-order valence-electron chi connectivity index (χ1n) is 6.62. The highest BCUT2D eigenvalue weighted by Gasteiger charge is 2.31. The Morgan fingerprint density at radius 3 is 2.37 bits per heavy atom. The lowest BCUT2D eigenvalue weighted by molar-refractivity contribution is 0.248. The second-order valence-corrected chi connectivity index (χ2v) is 10.0. The summed E-state index contributed by atoms with van der Waals surface area (Å²) in [4.78, 5) is 2.05. The second-order valence-electron chi connectivity index (χ2n) is 5.59. The van der Waals surface area contributed by atoms with E-state index in [1.807, 2.05) is 11.9 Å². The summed E-state index contributed by atoms with van der Waals surface area (Å²) in [7, 11) is -3.83. The summed E-state index contributed by atoms with van der Waals surface area (Å²) >= 11 is 0. The highest BCUT2D eigenvalue weighted by Crippen LogP contribution is 2.17. The molecule has 0 aliphatic carbocycles. The Morgan fingerprint density at radius 2 is 1.79 bits per heavy atom. The van der Waals surface area contributed by atoms with Crippen LogP contribution in [0.25, 0.3) is 0 Å². The molecule has 112 valence electrons. The summed E-state index contributed by atoms with van der Waals surface area (Å²) in [5.74, 6) is 0.933. The Morgan fingerprint density at radius 1 is 1.11 bits per heavy atom. The Balaban J connectivity index is 1.79. The minimum Gasteiger partial charge on any atom is -0.312 e. The van der Waals surface area contributed by atoms with Gasteiger partial charge in [0.15, 0.2) is 19.7 Å². The number of nitrogens with zero attached hydrogens (tertiary/aromatic N) is 1. The molecule has 0 bridgehead atoms. The van der Waals surface area contributed by atoms with Crippen LogP contribution >= 0.6 is 0 Å². The molecular weight excluding hydrogens is 288 g/mol. The van der Waals surface area contributed by atoms with Crippen molar-refractivity contribution in [3.05, 3.63) is 0 Å². The van der Waals surface area contributed by atoms with Crippen LogP contribution in [-0.4, -0.2) is 77.0 Å². The molecule has 0 saturated carbocycles. The van der Waals surface area contributed by atoms with E-state index in [4.69, 9.17) is 0 Å². The first-order valence-corrected chi connectivity index (χ1v) is 10.3. The van der Waals surface area contributed by atoms with E-state index in [1.165, 1.54) is 0 Å². The van der Waals surface area contributed by atoms with Gasteiger partial charge in [0.05, 0.1) is 23.0 Å². The number of sulfone groups is 2. The molecular formula is C11H22N2O4S2. The monoisotopic (exact) mass is 310 g/mol. The summed E-state index contributed by atoms with van der Waals surface area (Å²) < 4.78 is 45.9. The van der Waals surface area contributed by atoms with Crippen molar-refractivity contribution in [1.29, 1.82) is 0 Å². The number of hydrogen-bond donors (Lipinski definition) is 1. The lowest BCUT2D eigenvalue weighted by Crippen LogP contribution is -2.47. The molecule has 2 unspecified atom stereocenters. The molecule has 0 spiro atoms. The molecule has 0 aromatic rings. The molecule has 2 fully saturated rings. The molecule has 0 radical (unpaired) electrons. The van der Waals surface area contributed by atoms with Crippen molar-refractivity contribution in [2.75, 3.05) is 43.1 Å². The van der Waals surface area contributed by atoms with Gasteiger partial charge in [0.1, 0.15) is 0 Å². The largest absolute Gasteiger partial charge is 0.312 e. The minimum absolute atomic E-state index is 0.000731. The van der Waals surface area contributed by atoms with E-state index in [2.05, 4.69) is 5.32 Å². The Kier molecular flexibility index (Phi) is 4.54. The van der Waals surface area contributed by atoms with Gasteiger partial charge < -0.3 is 10.2 Å². The van der Waals surface area contributed by atoms with Crippen LogP contribution in [0.15, 0.2) is 0 Å². The van der Waals surface area contributed by atoms with Crippen LogP contribution in [0.1, 0.15) is 12.8 Å². The van der Waals surface area contributed by atoms with Gasteiger partial charge in [-0.15, -0.1) is 0 Å². The lowest BCUT2D eigenvalue weighted by atomic mass is 10.2. The first kappa shape index (κ1) is 15.2. The Labute approximate surface area is 115 Å². The maximum atomic E-state index is 11.5. The number of hydrogen-bond acceptors (Lipinski definition) is 6. The first-order chi connectivity index (χ1) is 8.77. The second kappa shape index (κ2) is 5.67. The average molecular weight is 310 g/mol. The molecule has 6 nitrogen and oxygen atoms in total. The van der Waals surface area contributed by atoms with E-state index in [0.29, 0.717) is 13.0 Å². The van der Waals surface area contributed by atoms with Crippen LogP contribution in [0.2, 0.25) is 0 Å². The normalized spacial score (nSPS) is 33.6. The summed E-state index contributed by atoms with van der Waals surface area (Å²) in [6.45, 7) is 1.25. The number of nitrogens with one attached hydrogen (secondary N) is 1. The molecule has 19 heavy (non-hydrogen) atoms. The van der Waals surface area contributed by atoms with Crippen LogP contribution in [0.5, 0.6) is 0 Å². The zero-order chi connectivity index (χ0) is 14.1. The van der Waals surface area contributed by atoms with Gasteiger partial charge in [-0.25, -0.2) is 16.8 Å². The summed E-state index contributed by atoms with van der Waals surface area (Å²) in [6, 6.07) is 0.0874. The fraction of sp³-hybridized carbons (Fsp3) is 1.00. The van der Waals surface area contributed by atoms with Gasteiger partial charge in [0.25, 0.3) is 0 Å². The van der Waals surface area contributed by atoms with Crippen LogP contribution in [-0.2, 0) is 19.7 Å². The molecule has 2 rings (SSSR count). The van der Waals surface area contributed by atoms with Crippen LogP contribution in [0, 0.1) is 0 Å². The van der Waals surface area contributed by atoms with Gasteiger partial charge >= 0.3 is 0 Å². The average Bonchev–Trinajstić information content (AvgIpc) is 2.65. The van der Waals surface area contributed by atoms with Crippen molar-refractivity contribution in [3.8, 4) is 0 Å². The van der Waals surface area contributed by atoms with Crippen molar-refractivity contribution in [1.82, 2.24) is 10.2 Å². The summed E-state index contributed by atoms with van der Waals surface area (Å²) in [5.41, 5.74) is 0. The molecule has 8 heteroatoms. The fourth-order valence-corrected chi connectivity index (χ4v) is 6.02. The van der Waals surface area contributed by atoms with Gasteiger partial charge in [0, 0.05) is 18.6 Å². The Hall–Kier alpha value is -0.180. The van der Waals surface area contributed by atoms with E-state index < -0.39 is 19.7 Å². The number of rotatable bonds is 4. The van der Waals surface area contributed by atoms with E-state index in [1.54, 1.807) is 0 Å². The highest BCUT2D eigenvalue weighted by atomic mass is 32.2. The molecule has 2 aliphatic heterocycles. The maximum Gasteiger partial charge on any atom is 0.153 e. The van der Waals surface area contributed by atoms with E-state index in [-0.39, 0.29) is 35.1 Å². The Bertz CT molecular complexity index is 515. The summed E-state index contributed by atoms with van der Waals surface area (Å²) in [6.07, 6.45) is 1.43. The third-order valence-electron chi connectivity index (χ3n) is 3.96. The SMILES string of the molecule is CN(CCC1CS(=O)(=O)CCN1)C1CCS(=O)(=O)C1. The smallest absolute Gasteiger partial charge is 0.153 e. The minimum atomic E-state index is -2.89. The third kappa shape index (κ3) is 4.40. The third-order valence-corrected chi connectivity index (χ3v) is 7.45. The van der Waals surface area contributed by atoms with Crippen molar-refractivity contribution < 1.29 is 16.8 Å². The maximum absolute atomic E-state index is 11.5. The van der Waals surface area contributed by atoms with E-state index in [0.717, 1.165) is 13.0 Å². The predicted octanol–water partition coefficient (Wildman–Crippen LogP) is -1.12. The molecule has 0 amide bonds. The van der Waals surface area contributed by atoms with Gasteiger partial charge in [-0.3, -0.25) is 0 Å². The molecule has 2 atom stereocenters.